The Kier molecular flexibility index (Phi) is 4.14. The zero-order valence-electron chi connectivity index (χ0n) is 12.9. The smallest absolute Gasteiger partial charge is 0.253 e. The van der Waals surface area contributed by atoms with Crippen LogP contribution >= 0.6 is 0 Å². The normalized spacial score (nSPS) is 10.5. The summed E-state index contributed by atoms with van der Waals surface area (Å²) in [4.78, 5) is 16.4. The number of hydrogen-bond donors (Lipinski definition) is 1. The highest BCUT2D eigenvalue weighted by molar-refractivity contribution is 5.94. The molecule has 1 N–H and O–H groups in total. The third-order valence-corrected chi connectivity index (χ3v) is 3.55. The topological polar surface area (TPSA) is 64.9 Å². The average Bonchev–Trinajstić information content (AvgIpc) is 3.06. The summed E-state index contributed by atoms with van der Waals surface area (Å²) in [7, 11) is 3.17. The monoisotopic (exact) mass is 311 g/mol. The first-order chi connectivity index (χ1) is 11.2. The third kappa shape index (κ3) is 3.11. The molecule has 0 saturated heterocycles. The van der Waals surface area contributed by atoms with Gasteiger partial charge in [-0.25, -0.2) is 4.98 Å². The number of pyridine rings is 1. The lowest BCUT2D eigenvalue weighted by Gasteiger charge is -2.10. The molecule has 2 heterocycles. The first-order valence-corrected chi connectivity index (χ1v) is 7.13. The Balaban J connectivity index is 1.71. The molecule has 0 fully saturated rings. The Morgan fingerprint density at radius 1 is 1.17 bits per heavy atom. The second-order valence-corrected chi connectivity index (χ2v) is 4.98. The van der Waals surface area contributed by atoms with Gasteiger partial charge in [-0.1, -0.05) is 6.07 Å². The van der Waals surface area contributed by atoms with Crippen LogP contribution < -0.4 is 14.8 Å². The fourth-order valence-corrected chi connectivity index (χ4v) is 2.33. The average molecular weight is 311 g/mol. The molecule has 0 radical (unpaired) electrons. The van der Waals surface area contributed by atoms with Gasteiger partial charge in [0.2, 0.25) is 0 Å². The van der Waals surface area contributed by atoms with E-state index in [0.717, 1.165) is 11.2 Å². The first-order valence-electron chi connectivity index (χ1n) is 7.13. The lowest BCUT2D eigenvalue weighted by Crippen LogP contribution is -2.23. The van der Waals surface area contributed by atoms with Gasteiger partial charge < -0.3 is 19.2 Å². The van der Waals surface area contributed by atoms with Gasteiger partial charge in [0.15, 0.2) is 11.5 Å². The molecule has 6 heteroatoms. The van der Waals surface area contributed by atoms with Crippen molar-refractivity contribution in [1.82, 2.24) is 14.7 Å². The Morgan fingerprint density at radius 3 is 2.78 bits per heavy atom. The zero-order valence-corrected chi connectivity index (χ0v) is 12.9. The molecule has 0 aliphatic rings. The van der Waals surface area contributed by atoms with Gasteiger partial charge in [0.25, 0.3) is 5.91 Å². The second-order valence-electron chi connectivity index (χ2n) is 4.98. The molecule has 3 aromatic rings. The molecule has 0 bridgehead atoms. The van der Waals surface area contributed by atoms with Crippen molar-refractivity contribution < 1.29 is 14.3 Å². The van der Waals surface area contributed by atoms with Crippen molar-refractivity contribution in [3.8, 4) is 11.5 Å². The van der Waals surface area contributed by atoms with E-state index >= 15 is 0 Å². The molecule has 0 atom stereocenters. The molecule has 3 rings (SSSR count). The van der Waals surface area contributed by atoms with Crippen LogP contribution in [0.15, 0.2) is 48.9 Å². The van der Waals surface area contributed by atoms with Crippen molar-refractivity contribution in [3.05, 3.63) is 60.0 Å². The Morgan fingerprint density at radius 2 is 2.00 bits per heavy atom. The van der Waals surface area contributed by atoms with Crippen molar-refractivity contribution in [3.63, 3.8) is 0 Å². The SMILES string of the molecule is COc1ccc(CNC(=O)c2ccc3nccn3c2)cc1OC. The van der Waals surface area contributed by atoms with Gasteiger partial charge in [-0.3, -0.25) is 4.79 Å². The van der Waals surface area contributed by atoms with Gasteiger partial charge in [0.1, 0.15) is 5.65 Å². The lowest BCUT2D eigenvalue weighted by atomic mass is 10.2. The van der Waals surface area contributed by atoms with Crippen LogP contribution in [-0.4, -0.2) is 29.5 Å². The molecule has 1 amide bonds. The van der Waals surface area contributed by atoms with Gasteiger partial charge in [0.05, 0.1) is 19.8 Å². The minimum Gasteiger partial charge on any atom is -0.493 e. The molecule has 0 aliphatic heterocycles. The van der Waals surface area contributed by atoms with Crippen molar-refractivity contribution in [2.45, 2.75) is 6.54 Å². The van der Waals surface area contributed by atoms with Gasteiger partial charge in [0, 0.05) is 25.1 Å². The summed E-state index contributed by atoms with van der Waals surface area (Å²) in [6.07, 6.45) is 5.26. The summed E-state index contributed by atoms with van der Waals surface area (Å²) in [5, 5.41) is 2.89. The number of aromatic nitrogens is 2. The van der Waals surface area contributed by atoms with Crippen LogP contribution in [0.3, 0.4) is 0 Å². The summed E-state index contributed by atoms with van der Waals surface area (Å²) in [6, 6.07) is 9.12. The summed E-state index contributed by atoms with van der Waals surface area (Å²) in [5.41, 5.74) is 2.32. The van der Waals surface area contributed by atoms with Gasteiger partial charge in [-0.15, -0.1) is 0 Å². The maximum Gasteiger partial charge on any atom is 0.253 e. The van der Waals surface area contributed by atoms with E-state index in [4.69, 9.17) is 9.47 Å². The van der Waals surface area contributed by atoms with Crippen LogP contribution in [0.2, 0.25) is 0 Å². The van der Waals surface area contributed by atoms with Crippen LogP contribution in [0.5, 0.6) is 11.5 Å². The highest BCUT2D eigenvalue weighted by Gasteiger charge is 2.08. The molecule has 0 aliphatic carbocycles. The molecule has 23 heavy (non-hydrogen) atoms. The number of carbonyl (C=O) groups is 1. The first kappa shape index (κ1) is 14.9. The molecule has 1 aromatic carbocycles. The number of imidazole rings is 1. The zero-order chi connectivity index (χ0) is 16.2. The van der Waals surface area contributed by atoms with E-state index < -0.39 is 0 Å². The van der Waals surface area contributed by atoms with E-state index in [1.165, 1.54) is 0 Å². The molecule has 0 saturated carbocycles. The maximum absolute atomic E-state index is 12.3. The number of amides is 1. The van der Waals surface area contributed by atoms with Crippen LogP contribution in [0.1, 0.15) is 15.9 Å². The molecule has 0 unspecified atom stereocenters. The number of nitrogens with one attached hydrogen (secondary N) is 1. The highest BCUT2D eigenvalue weighted by Crippen LogP contribution is 2.27. The minimum absolute atomic E-state index is 0.143. The number of hydrogen-bond acceptors (Lipinski definition) is 4. The number of methoxy groups -OCH3 is 2. The number of ether oxygens (including phenoxy) is 2. The predicted octanol–water partition coefficient (Wildman–Crippen LogP) is 2.28. The number of carbonyl (C=O) groups excluding carboxylic acids is 1. The highest BCUT2D eigenvalue weighted by atomic mass is 16.5. The molecule has 118 valence electrons. The Labute approximate surface area is 133 Å². The second kappa shape index (κ2) is 6.39. The number of benzene rings is 1. The standard InChI is InChI=1S/C17H17N3O3/c1-22-14-5-3-12(9-15(14)23-2)10-19-17(21)13-4-6-16-18-7-8-20(16)11-13/h3-9,11H,10H2,1-2H3,(H,19,21). The summed E-state index contributed by atoms with van der Waals surface area (Å²) < 4.78 is 12.3. The van der Waals surface area contributed by atoms with E-state index in [0.29, 0.717) is 23.6 Å². The number of rotatable bonds is 5. The summed E-state index contributed by atoms with van der Waals surface area (Å²) in [6.45, 7) is 0.404. The van der Waals surface area contributed by atoms with E-state index in [1.807, 2.05) is 28.7 Å². The number of fused-ring (bicyclic) bond motifs is 1. The van der Waals surface area contributed by atoms with Crippen molar-refractivity contribution in [2.75, 3.05) is 14.2 Å². The summed E-state index contributed by atoms with van der Waals surface area (Å²) >= 11 is 0. The molecular weight excluding hydrogens is 294 g/mol. The van der Waals surface area contributed by atoms with Gasteiger partial charge in [-0.05, 0) is 29.8 Å². The fraction of sp³-hybridized carbons (Fsp3) is 0.176. The molecule has 6 nitrogen and oxygen atoms in total. The minimum atomic E-state index is -0.143. The lowest BCUT2D eigenvalue weighted by molar-refractivity contribution is 0.0950. The van der Waals surface area contributed by atoms with Gasteiger partial charge in [-0.2, -0.15) is 0 Å². The molecule has 0 spiro atoms. The largest absolute Gasteiger partial charge is 0.493 e. The quantitative estimate of drug-likeness (QED) is 0.785. The molecular formula is C17H17N3O3. The van der Waals surface area contributed by atoms with Crippen LogP contribution in [0.25, 0.3) is 5.65 Å². The van der Waals surface area contributed by atoms with E-state index in [2.05, 4.69) is 10.3 Å². The van der Waals surface area contributed by atoms with Crippen molar-refractivity contribution >= 4 is 11.6 Å². The number of nitrogens with zero attached hydrogens (tertiary/aromatic N) is 2. The third-order valence-electron chi connectivity index (χ3n) is 3.55. The van der Waals surface area contributed by atoms with Crippen molar-refractivity contribution in [1.29, 1.82) is 0 Å². The predicted molar refractivity (Wildman–Crippen MR) is 85.9 cm³/mol. The summed E-state index contributed by atoms with van der Waals surface area (Å²) in [5.74, 6) is 1.16. The van der Waals surface area contributed by atoms with E-state index in [9.17, 15) is 4.79 Å². The van der Waals surface area contributed by atoms with E-state index in [1.54, 1.807) is 38.9 Å². The van der Waals surface area contributed by atoms with Crippen LogP contribution in [0, 0.1) is 0 Å². The van der Waals surface area contributed by atoms with Crippen molar-refractivity contribution in [2.24, 2.45) is 0 Å². The fourth-order valence-electron chi connectivity index (χ4n) is 2.33. The molecule has 2 aromatic heterocycles. The maximum atomic E-state index is 12.3. The van der Waals surface area contributed by atoms with Crippen LogP contribution in [0.4, 0.5) is 0 Å². The van der Waals surface area contributed by atoms with Gasteiger partial charge >= 0.3 is 0 Å². The Hall–Kier alpha value is -3.02. The van der Waals surface area contributed by atoms with E-state index in [-0.39, 0.29) is 5.91 Å². The van der Waals surface area contributed by atoms with Crippen LogP contribution in [-0.2, 0) is 6.54 Å². The Bertz CT molecular complexity index is 842.